The highest BCUT2D eigenvalue weighted by Crippen LogP contribution is 2.44. The molecule has 0 saturated carbocycles. The minimum Gasteiger partial charge on any atom is -0.503 e. The molecule has 0 radical (unpaired) electrons. The van der Waals surface area contributed by atoms with Crippen LogP contribution < -0.4 is 0 Å². The van der Waals surface area contributed by atoms with E-state index in [1.54, 1.807) is 32.9 Å². The van der Waals surface area contributed by atoms with Gasteiger partial charge in [0.05, 0.1) is 11.6 Å². The van der Waals surface area contributed by atoms with Crippen molar-refractivity contribution in [2.24, 2.45) is 5.41 Å². The molecular weight excluding hydrogens is 365 g/mol. The van der Waals surface area contributed by atoms with Gasteiger partial charge in [0.2, 0.25) is 0 Å². The van der Waals surface area contributed by atoms with E-state index < -0.39 is 23.1 Å². The molecule has 0 bridgehead atoms. The zero-order valence-corrected chi connectivity index (χ0v) is 16.6. The van der Waals surface area contributed by atoms with E-state index in [1.165, 1.54) is 28.4 Å². The van der Waals surface area contributed by atoms with Crippen molar-refractivity contribution in [2.45, 2.75) is 40.3 Å². The summed E-state index contributed by atoms with van der Waals surface area (Å²) in [4.78, 5) is 28.2. The Hall–Kier alpha value is -2.47. The van der Waals surface area contributed by atoms with Gasteiger partial charge in [0.25, 0.3) is 5.91 Å². The van der Waals surface area contributed by atoms with E-state index in [-0.39, 0.29) is 23.7 Å². The molecule has 1 aliphatic rings. The average Bonchev–Trinajstić information content (AvgIpc) is 3.11. The van der Waals surface area contributed by atoms with Gasteiger partial charge in [-0.05, 0) is 41.6 Å². The van der Waals surface area contributed by atoms with Crippen LogP contribution in [0, 0.1) is 18.2 Å². The average molecular weight is 387 g/mol. The number of amides is 1. The molecule has 3 rings (SSSR count). The lowest BCUT2D eigenvalue weighted by molar-refractivity contribution is -0.130. The van der Waals surface area contributed by atoms with E-state index in [0.717, 1.165) is 16.0 Å². The summed E-state index contributed by atoms with van der Waals surface area (Å²) in [6.07, 6.45) is 0. The van der Waals surface area contributed by atoms with Crippen molar-refractivity contribution in [2.75, 3.05) is 0 Å². The molecule has 1 atom stereocenters. The van der Waals surface area contributed by atoms with Crippen molar-refractivity contribution in [3.8, 4) is 0 Å². The van der Waals surface area contributed by atoms with E-state index in [9.17, 15) is 19.1 Å². The second-order valence-electron chi connectivity index (χ2n) is 7.77. The highest BCUT2D eigenvalue weighted by molar-refractivity contribution is 7.10. The number of nitrogens with zero attached hydrogens (tertiary/aromatic N) is 1. The quantitative estimate of drug-likeness (QED) is 0.827. The first-order valence-electron chi connectivity index (χ1n) is 8.68. The molecule has 27 heavy (non-hydrogen) atoms. The van der Waals surface area contributed by atoms with Gasteiger partial charge < -0.3 is 10.0 Å². The standard InChI is InChI=1S/C21H22FNO3S/c1-12-9-10-27-18(12)16-15(19(25)21(2,3)4)17(24)20(26)23(16)11-13-5-7-14(22)8-6-13/h5-10,16,24H,11H2,1-4H3. The van der Waals surface area contributed by atoms with Crippen LogP contribution in [-0.2, 0) is 16.1 Å². The second kappa shape index (κ2) is 6.93. The molecule has 1 aromatic carbocycles. The Balaban J connectivity index is 2.08. The van der Waals surface area contributed by atoms with Gasteiger partial charge in [-0.3, -0.25) is 9.59 Å². The van der Waals surface area contributed by atoms with E-state index in [0.29, 0.717) is 0 Å². The van der Waals surface area contributed by atoms with E-state index in [2.05, 4.69) is 0 Å². The number of carbonyl (C=O) groups excluding carboxylic acids is 2. The third kappa shape index (κ3) is 3.54. The van der Waals surface area contributed by atoms with Gasteiger partial charge in [0.1, 0.15) is 5.82 Å². The number of Topliss-reactive ketones (excluding diaryl/α,β-unsaturated/α-hetero) is 1. The lowest BCUT2D eigenvalue weighted by Gasteiger charge is -2.28. The predicted octanol–water partition coefficient (Wildman–Crippen LogP) is 4.71. The Labute approximate surface area is 161 Å². The maximum Gasteiger partial charge on any atom is 0.290 e. The third-order valence-electron chi connectivity index (χ3n) is 4.65. The first-order chi connectivity index (χ1) is 12.6. The molecule has 0 spiro atoms. The largest absolute Gasteiger partial charge is 0.503 e. The van der Waals surface area contributed by atoms with Crippen LogP contribution >= 0.6 is 11.3 Å². The molecule has 4 nitrogen and oxygen atoms in total. The molecule has 1 unspecified atom stereocenters. The Bertz CT molecular complexity index is 922. The number of hydrogen-bond donors (Lipinski definition) is 1. The zero-order chi connectivity index (χ0) is 19.9. The fourth-order valence-electron chi connectivity index (χ4n) is 3.18. The number of thiophene rings is 1. The van der Waals surface area contributed by atoms with Crippen LogP contribution in [0.1, 0.15) is 42.8 Å². The molecule has 1 amide bonds. The highest BCUT2D eigenvalue weighted by atomic mass is 32.1. The number of aliphatic hydroxyl groups excluding tert-OH is 1. The Morgan fingerprint density at radius 2 is 1.85 bits per heavy atom. The highest BCUT2D eigenvalue weighted by Gasteiger charge is 2.46. The number of carbonyl (C=O) groups is 2. The van der Waals surface area contributed by atoms with Crippen LogP contribution in [0.3, 0.4) is 0 Å². The lowest BCUT2D eigenvalue weighted by Crippen LogP contribution is -2.32. The van der Waals surface area contributed by atoms with Gasteiger partial charge in [0, 0.05) is 16.8 Å². The summed E-state index contributed by atoms with van der Waals surface area (Å²) < 4.78 is 13.2. The molecule has 0 saturated heterocycles. The van der Waals surface area contributed by atoms with Crippen LogP contribution in [-0.4, -0.2) is 21.7 Å². The zero-order valence-electron chi connectivity index (χ0n) is 15.7. The van der Waals surface area contributed by atoms with Gasteiger partial charge in [-0.15, -0.1) is 11.3 Å². The first kappa shape index (κ1) is 19.3. The SMILES string of the molecule is Cc1ccsc1C1C(C(=O)C(C)(C)C)=C(O)C(=O)N1Cc1ccc(F)cc1. The van der Waals surface area contributed by atoms with Crippen LogP contribution in [0.4, 0.5) is 4.39 Å². The number of aryl methyl sites for hydroxylation is 1. The van der Waals surface area contributed by atoms with Crippen molar-refractivity contribution < 1.29 is 19.1 Å². The van der Waals surface area contributed by atoms with Crippen molar-refractivity contribution in [1.82, 2.24) is 4.90 Å². The van der Waals surface area contributed by atoms with Crippen molar-refractivity contribution in [3.63, 3.8) is 0 Å². The number of rotatable bonds is 4. The molecule has 0 aliphatic carbocycles. The number of halogens is 1. The third-order valence-corrected chi connectivity index (χ3v) is 5.72. The maximum absolute atomic E-state index is 13.2. The van der Waals surface area contributed by atoms with Crippen LogP contribution in [0.25, 0.3) is 0 Å². The van der Waals surface area contributed by atoms with Crippen molar-refractivity contribution in [1.29, 1.82) is 0 Å². The summed E-state index contributed by atoms with van der Waals surface area (Å²) in [5.41, 5.74) is 1.08. The van der Waals surface area contributed by atoms with Gasteiger partial charge in [-0.1, -0.05) is 32.9 Å². The van der Waals surface area contributed by atoms with E-state index in [1.807, 2.05) is 18.4 Å². The molecule has 1 aromatic heterocycles. The number of benzene rings is 1. The second-order valence-corrected chi connectivity index (χ2v) is 8.72. The fourth-order valence-corrected chi connectivity index (χ4v) is 4.22. The van der Waals surface area contributed by atoms with Crippen LogP contribution in [0.2, 0.25) is 0 Å². The van der Waals surface area contributed by atoms with Crippen molar-refractivity contribution >= 4 is 23.0 Å². The summed E-state index contributed by atoms with van der Waals surface area (Å²) in [5.74, 6) is -1.69. The van der Waals surface area contributed by atoms with Gasteiger partial charge in [-0.25, -0.2) is 4.39 Å². The topological polar surface area (TPSA) is 57.6 Å². The monoisotopic (exact) mass is 387 g/mol. The molecule has 1 aliphatic heterocycles. The molecule has 142 valence electrons. The summed E-state index contributed by atoms with van der Waals surface area (Å²) >= 11 is 1.45. The molecular formula is C21H22FNO3S. The Kier molecular flexibility index (Phi) is 4.95. The number of aliphatic hydroxyl groups is 1. The molecule has 2 heterocycles. The first-order valence-corrected chi connectivity index (χ1v) is 9.56. The number of hydrogen-bond acceptors (Lipinski definition) is 4. The predicted molar refractivity (Wildman–Crippen MR) is 103 cm³/mol. The maximum atomic E-state index is 13.2. The Morgan fingerprint density at radius 1 is 1.22 bits per heavy atom. The summed E-state index contributed by atoms with van der Waals surface area (Å²) in [6, 6.07) is 7.14. The molecule has 6 heteroatoms. The van der Waals surface area contributed by atoms with Crippen LogP contribution in [0.5, 0.6) is 0 Å². The molecule has 0 fully saturated rings. The minimum atomic E-state index is -0.737. The van der Waals surface area contributed by atoms with Gasteiger partial charge >= 0.3 is 0 Å². The van der Waals surface area contributed by atoms with Crippen LogP contribution in [0.15, 0.2) is 47.0 Å². The summed E-state index contributed by atoms with van der Waals surface area (Å²) in [7, 11) is 0. The Morgan fingerprint density at radius 3 is 2.37 bits per heavy atom. The van der Waals surface area contributed by atoms with Gasteiger partial charge in [-0.2, -0.15) is 0 Å². The van der Waals surface area contributed by atoms with E-state index in [4.69, 9.17) is 0 Å². The minimum absolute atomic E-state index is 0.139. The number of ketones is 1. The fraction of sp³-hybridized carbons (Fsp3) is 0.333. The van der Waals surface area contributed by atoms with E-state index >= 15 is 0 Å². The summed E-state index contributed by atoms with van der Waals surface area (Å²) in [6.45, 7) is 7.39. The smallest absolute Gasteiger partial charge is 0.290 e. The molecule has 2 aromatic rings. The van der Waals surface area contributed by atoms with Crippen molar-refractivity contribution in [3.05, 3.63) is 68.9 Å². The molecule has 1 N–H and O–H groups in total. The summed E-state index contributed by atoms with van der Waals surface area (Å²) in [5, 5.41) is 12.5. The normalized spacial score (nSPS) is 17.7. The lowest BCUT2D eigenvalue weighted by atomic mass is 9.83. The van der Waals surface area contributed by atoms with Gasteiger partial charge in [0.15, 0.2) is 11.5 Å².